The molecule has 0 bridgehead atoms. The SMILES string of the molecule is OC[C@H]1OC2(COC3(O[C@H](CO)[C@@H](O)C3O)OC3(O[C@H](CO)[C@@H](O)C3O)OC3(O[C@H](CO)[C@@H](O)C3O)OC3(COC4(COC5(CO2)O[C@H](CO)[C@@H](O)[C@@H]5O)O[C@H](CO)[C@@H](O)[C@@H]4O)O[C@H](CO)[C@@H](O)[C@@H]3O)[C@@H](O)[C@@H]1O. The third kappa shape index (κ3) is 9.32. The highest BCUT2D eigenvalue weighted by molar-refractivity contribution is 5.07. The zero-order valence-corrected chi connectivity index (χ0v) is 38.5. The van der Waals surface area contributed by atoms with Crippen molar-refractivity contribution in [2.45, 2.75) is 169 Å². The average Bonchev–Trinajstić information content (AvgIpc) is 4.16. The maximum atomic E-state index is 12.0. The Morgan fingerprint density at radius 2 is 0.459 bits per heavy atom. The fraction of sp³-hybridized carbons (Fsp3) is 1.00. The first-order valence-electron chi connectivity index (χ1n) is 23.1. The predicted molar refractivity (Wildman–Crippen MR) is 214 cm³/mol. The highest BCUT2D eigenvalue weighted by Gasteiger charge is 2.75. The summed E-state index contributed by atoms with van der Waals surface area (Å²) in [7, 11) is 0. The first kappa shape index (κ1) is 58.7. The molecule has 0 radical (unpaired) electrons. The Morgan fingerprint density at radius 3 is 0.770 bits per heavy atom. The lowest BCUT2D eigenvalue weighted by atomic mass is 10.0. The molecule has 35 nitrogen and oxygen atoms in total. The number of hydrogen-bond acceptors (Lipinski definition) is 35. The van der Waals surface area contributed by atoms with Crippen LogP contribution in [-0.2, 0) is 66.3 Å². The smallest absolute Gasteiger partial charge is 0.322 e. The van der Waals surface area contributed by atoms with Crippen LogP contribution >= 0.6 is 0 Å². The first-order chi connectivity index (χ1) is 34.9. The van der Waals surface area contributed by atoms with Crippen molar-refractivity contribution in [3.05, 3.63) is 0 Å². The van der Waals surface area contributed by atoms with Crippen molar-refractivity contribution < 1.29 is 174 Å². The van der Waals surface area contributed by atoms with E-state index >= 15 is 0 Å². The molecule has 74 heavy (non-hydrogen) atoms. The summed E-state index contributed by atoms with van der Waals surface area (Å²) >= 11 is 0. The van der Waals surface area contributed by atoms with Gasteiger partial charge in [-0.1, -0.05) is 0 Å². The molecule has 35 heteroatoms. The molecule has 8 rings (SSSR count). The molecule has 0 aromatic carbocycles. The van der Waals surface area contributed by atoms with E-state index in [1.807, 2.05) is 0 Å². The molecule has 7 spiro atoms. The largest absolute Gasteiger partial charge is 0.394 e. The average molecular weight is 1090 g/mol. The molecular weight excluding hydrogens is 1030 g/mol. The number of rotatable bonds is 7. The highest BCUT2D eigenvalue weighted by Crippen LogP contribution is 2.52. The summed E-state index contributed by atoms with van der Waals surface area (Å²) in [4.78, 5) is 0. The van der Waals surface area contributed by atoms with E-state index in [9.17, 15) is 107 Å². The number of hydrogen-bond donors (Lipinski definition) is 21. The van der Waals surface area contributed by atoms with Gasteiger partial charge in [-0.25, -0.2) is 0 Å². The predicted octanol–water partition coefficient (Wildman–Crippen LogP) is -15.3. The summed E-state index contributed by atoms with van der Waals surface area (Å²) in [6.45, 7) is -14.4. The van der Waals surface area contributed by atoms with Gasteiger partial charge in [0.15, 0.2) is 18.3 Å². The minimum Gasteiger partial charge on any atom is -0.394 e. The Labute approximate surface area is 415 Å². The van der Waals surface area contributed by atoms with Crippen molar-refractivity contribution in [3.63, 3.8) is 0 Å². The van der Waals surface area contributed by atoms with Gasteiger partial charge >= 0.3 is 17.9 Å². The second-order valence-corrected chi connectivity index (χ2v) is 18.9. The summed E-state index contributed by atoms with van der Waals surface area (Å²) in [5.41, 5.74) is 0. The quantitative estimate of drug-likeness (QED) is 0.113. The van der Waals surface area contributed by atoms with Crippen LogP contribution in [-0.4, -0.2) is 349 Å². The normalized spacial score (nSPS) is 56.6. The van der Waals surface area contributed by atoms with Crippen LogP contribution < -0.4 is 0 Å². The topological polar surface area (TPSA) is 554 Å². The molecule has 0 amide bonds. The molecule has 0 aliphatic carbocycles. The van der Waals surface area contributed by atoms with Gasteiger partial charge in [-0.05, 0) is 0 Å². The van der Waals surface area contributed by atoms with Crippen molar-refractivity contribution in [2.75, 3.05) is 72.7 Å². The van der Waals surface area contributed by atoms with E-state index in [0.717, 1.165) is 0 Å². The molecule has 8 aliphatic rings. The number of ether oxygens (including phenoxy) is 14. The van der Waals surface area contributed by atoms with Gasteiger partial charge in [-0.15, -0.1) is 0 Å². The molecule has 430 valence electrons. The fourth-order valence-electron chi connectivity index (χ4n) is 9.94. The first-order valence-corrected chi connectivity index (χ1v) is 23.1. The molecule has 0 saturated carbocycles. The van der Waals surface area contributed by atoms with Crippen molar-refractivity contribution in [3.8, 4) is 0 Å². The van der Waals surface area contributed by atoms with Crippen molar-refractivity contribution in [1.82, 2.24) is 0 Å². The minimum atomic E-state index is -3.90. The zero-order chi connectivity index (χ0) is 54.3. The van der Waals surface area contributed by atoms with Crippen molar-refractivity contribution >= 4 is 0 Å². The van der Waals surface area contributed by atoms with Crippen LogP contribution in [0.1, 0.15) is 0 Å². The molecule has 0 aromatic heterocycles. The Hall–Kier alpha value is -1.40. The monoisotopic (exact) mass is 1090 g/mol. The number of aliphatic hydroxyl groups is 21. The molecule has 8 aliphatic heterocycles. The Bertz CT molecular complexity index is 1780. The van der Waals surface area contributed by atoms with Crippen LogP contribution in [0.4, 0.5) is 0 Å². The third-order valence-corrected chi connectivity index (χ3v) is 14.3. The summed E-state index contributed by atoms with van der Waals surface area (Å²) in [5, 5.41) is 233. The van der Waals surface area contributed by atoms with Gasteiger partial charge in [0.05, 0.1) is 46.2 Å². The van der Waals surface area contributed by atoms with Gasteiger partial charge in [-0.2, -0.15) is 0 Å². The van der Waals surface area contributed by atoms with E-state index < -0.39 is 242 Å². The Morgan fingerprint density at radius 1 is 0.243 bits per heavy atom. The summed E-state index contributed by atoms with van der Waals surface area (Å²) in [6.07, 6.45) is -48.3. The van der Waals surface area contributed by atoms with Crippen LogP contribution in [0, 0.1) is 0 Å². The summed E-state index contributed by atoms with van der Waals surface area (Å²) in [6, 6.07) is 0. The van der Waals surface area contributed by atoms with E-state index in [2.05, 4.69) is 0 Å². The van der Waals surface area contributed by atoms with Crippen LogP contribution in [0.15, 0.2) is 0 Å². The maximum Gasteiger partial charge on any atom is 0.322 e. The molecule has 21 N–H and O–H groups in total. The molecule has 8 saturated heterocycles. The Balaban J connectivity index is 1.36. The van der Waals surface area contributed by atoms with Crippen LogP contribution in [0.5, 0.6) is 0 Å². The molecule has 8 fully saturated rings. The fourth-order valence-corrected chi connectivity index (χ4v) is 9.94. The summed E-state index contributed by atoms with van der Waals surface area (Å²) < 4.78 is 82.1. The lowest BCUT2D eigenvalue weighted by molar-refractivity contribution is -0.585. The van der Waals surface area contributed by atoms with E-state index in [-0.39, 0.29) is 0 Å². The summed E-state index contributed by atoms with van der Waals surface area (Å²) in [5.74, 6) is -23.9. The minimum absolute atomic E-state index is 1.09. The Kier molecular flexibility index (Phi) is 17.1. The molecule has 28 atom stereocenters. The second kappa shape index (κ2) is 21.6. The van der Waals surface area contributed by atoms with Gasteiger partial charge in [0, 0.05) is 0 Å². The van der Waals surface area contributed by atoms with E-state index in [1.165, 1.54) is 0 Å². The molecular formula is C39H64O35. The van der Waals surface area contributed by atoms with E-state index in [4.69, 9.17) is 66.3 Å². The molecule has 10 unspecified atom stereocenters. The second-order valence-electron chi connectivity index (χ2n) is 18.9. The van der Waals surface area contributed by atoms with Crippen molar-refractivity contribution in [1.29, 1.82) is 0 Å². The third-order valence-electron chi connectivity index (χ3n) is 14.3. The lowest BCUT2D eigenvalue weighted by Crippen LogP contribution is -2.67. The standard InChI is InChI=1S/C39H64O35/c40-1-12-19(47)26(54)33(65-12)8-62-35(28(56)21(49)14(3-42)67-35)10-64-37(30(58)23(51)16(5-44)69-37)73-39(32(60)25(53)18(7-46)71-39)74-38(31(59)24(52)17(6-45)70-38)72-36(29(57)22(50)15(4-43)68-36)11-63-34(9-61-33)27(55)20(48)13(2-41)66-34/h12-32,40-60H,1-11H2/t12-,13-,14-,15-,16-,17-,18-,19-,20-,21-,22-,23-,24-,25-,26+,27+,28+,29+,30?,31?,32?,33?,34?,35?,36?,37?,38?,39?/m1/s1. The van der Waals surface area contributed by atoms with E-state index in [0.29, 0.717) is 0 Å². The van der Waals surface area contributed by atoms with Crippen LogP contribution in [0.2, 0.25) is 0 Å². The maximum absolute atomic E-state index is 12.0. The lowest BCUT2D eigenvalue weighted by Gasteiger charge is -2.48. The van der Waals surface area contributed by atoms with Gasteiger partial charge in [0.2, 0.25) is 23.1 Å². The van der Waals surface area contributed by atoms with E-state index in [1.54, 1.807) is 0 Å². The van der Waals surface area contributed by atoms with Gasteiger partial charge in [-0.3, -0.25) is 14.2 Å². The molecule has 0 aromatic rings. The van der Waals surface area contributed by atoms with Crippen LogP contribution in [0.3, 0.4) is 0 Å². The number of aliphatic hydroxyl groups excluding tert-OH is 21. The van der Waals surface area contributed by atoms with Gasteiger partial charge < -0.3 is 159 Å². The highest BCUT2D eigenvalue weighted by atomic mass is 17.1. The van der Waals surface area contributed by atoms with Gasteiger partial charge in [0.25, 0.3) is 0 Å². The zero-order valence-electron chi connectivity index (χ0n) is 38.5. The van der Waals surface area contributed by atoms with Gasteiger partial charge in [0.1, 0.15) is 136 Å². The molecule has 8 heterocycles. The van der Waals surface area contributed by atoms with Crippen molar-refractivity contribution in [2.24, 2.45) is 0 Å². The van der Waals surface area contributed by atoms with Crippen LogP contribution in [0.25, 0.3) is 0 Å².